The smallest absolute Gasteiger partial charge is 0.148 e. The largest absolute Gasteiger partial charge is 0.369 e. The molecule has 1 aliphatic carbocycles. The summed E-state index contributed by atoms with van der Waals surface area (Å²) in [5.41, 5.74) is 4.15. The monoisotopic (exact) mass is 249 g/mol. The number of rotatable bonds is 6. The third-order valence-corrected chi connectivity index (χ3v) is 4.16. The van der Waals surface area contributed by atoms with Gasteiger partial charge in [0.15, 0.2) is 0 Å². The SMILES string of the molecule is CCc1c(NN)ncnc1NCC1(C(C)C)CC1. The molecule has 2 rings (SSSR count). The van der Waals surface area contributed by atoms with Crippen molar-refractivity contribution in [3.63, 3.8) is 0 Å². The Bertz CT molecular complexity index is 412. The van der Waals surface area contributed by atoms with Crippen LogP contribution in [-0.4, -0.2) is 16.5 Å². The summed E-state index contributed by atoms with van der Waals surface area (Å²) in [4.78, 5) is 8.47. The molecule has 1 saturated carbocycles. The Morgan fingerprint density at radius 2 is 2.00 bits per heavy atom. The van der Waals surface area contributed by atoms with Crippen molar-refractivity contribution in [3.05, 3.63) is 11.9 Å². The molecule has 1 aliphatic rings. The zero-order chi connectivity index (χ0) is 13.2. The van der Waals surface area contributed by atoms with Crippen LogP contribution in [-0.2, 0) is 6.42 Å². The van der Waals surface area contributed by atoms with Gasteiger partial charge in [0.1, 0.15) is 18.0 Å². The molecule has 0 amide bonds. The lowest BCUT2D eigenvalue weighted by Gasteiger charge is -2.21. The topological polar surface area (TPSA) is 75.9 Å². The number of aromatic nitrogens is 2. The van der Waals surface area contributed by atoms with E-state index < -0.39 is 0 Å². The summed E-state index contributed by atoms with van der Waals surface area (Å²) < 4.78 is 0. The van der Waals surface area contributed by atoms with Crippen LogP contribution in [0.4, 0.5) is 11.6 Å². The highest BCUT2D eigenvalue weighted by Crippen LogP contribution is 2.51. The number of nitrogens with zero attached hydrogens (tertiary/aromatic N) is 2. The lowest BCUT2D eigenvalue weighted by atomic mass is 9.92. The van der Waals surface area contributed by atoms with Crippen molar-refractivity contribution in [1.29, 1.82) is 0 Å². The van der Waals surface area contributed by atoms with Crippen molar-refractivity contribution in [2.75, 3.05) is 17.3 Å². The summed E-state index contributed by atoms with van der Waals surface area (Å²) in [6.07, 6.45) is 5.03. The number of nitrogens with one attached hydrogen (secondary N) is 2. The fourth-order valence-electron chi connectivity index (χ4n) is 2.40. The fraction of sp³-hybridized carbons (Fsp3) is 0.692. The zero-order valence-corrected chi connectivity index (χ0v) is 11.5. The molecule has 1 aromatic rings. The van der Waals surface area contributed by atoms with Crippen molar-refractivity contribution in [2.24, 2.45) is 17.2 Å². The minimum atomic E-state index is 0.465. The highest BCUT2D eigenvalue weighted by molar-refractivity contribution is 5.56. The molecule has 5 nitrogen and oxygen atoms in total. The first-order valence-electron chi connectivity index (χ1n) is 6.67. The Morgan fingerprint density at radius 1 is 1.33 bits per heavy atom. The first-order chi connectivity index (χ1) is 8.63. The molecule has 0 bridgehead atoms. The van der Waals surface area contributed by atoms with E-state index in [2.05, 4.69) is 41.5 Å². The van der Waals surface area contributed by atoms with E-state index in [4.69, 9.17) is 5.84 Å². The molecule has 0 aromatic carbocycles. The summed E-state index contributed by atoms with van der Waals surface area (Å²) >= 11 is 0. The van der Waals surface area contributed by atoms with Gasteiger partial charge in [-0.05, 0) is 30.6 Å². The normalized spacial score (nSPS) is 16.7. The second kappa shape index (κ2) is 5.10. The number of anilines is 2. The molecular weight excluding hydrogens is 226 g/mol. The van der Waals surface area contributed by atoms with Crippen molar-refractivity contribution in [1.82, 2.24) is 9.97 Å². The maximum Gasteiger partial charge on any atom is 0.148 e. The first-order valence-corrected chi connectivity index (χ1v) is 6.67. The summed E-state index contributed by atoms with van der Waals surface area (Å²) in [6, 6.07) is 0. The Kier molecular flexibility index (Phi) is 3.71. The van der Waals surface area contributed by atoms with E-state index >= 15 is 0 Å². The Hall–Kier alpha value is -1.36. The van der Waals surface area contributed by atoms with Gasteiger partial charge in [-0.25, -0.2) is 15.8 Å². The van der Waals surface area contributed by atoms with Gasteiger partial charge in [-0.3, -0.25) is 0 Å². The molecule has 1 aromatic heterocycles. The van der Waals surface area contributed by atoms with E-state index in [1.54, 1.807) is 6.33 Å². The maximum absolute atomic E-state index is 5.47. The van der Waals surface area contributed by atoms with Gasteiger partial charge >= 0.3 is 0 Å². The Balaban J connectivity index is 2.10. The number of hydrogen-bond acceptors (Lipinski definition) is 5. The number of hydrogen-bond donors (Lipinski definition) is 3. The predicted octanol–water partition coefficient (Wildman–Crippen LogP) is 2.17. The molecule has 0 saturated heterocycles. The van der Waals surface area contributed by atoms with Gasteiger partial charge in [0.05, 0.1) is 0 Å². The van der Waals surface area contributed by atoms with E-state index in [0.717, 1.165) is 24.3 Å². The van der Waals surface area contributed by atoms with Crippen LogP contribution < -0.4 is 16.6 Å². The summed E-state index contributed by atoms with van der Waals surface area (Å²) in [5, 5.41) is 3.48. The quantitative estimate of drug-likeness (QED) is 0.532. The second-order valence-corrected chi connectivity index (χ2v) is 5.42. The standard InChI is InChI=1S/C13H23N5/c1-4-10-11(16-8-17-12(10)18-14)15-7-13(5-6-13)9(2)3/h8-9H,4-7,14H2,1-3H3,(H2,15,16,17,18). The number of hydrazine groups is 1. The molecule has 0 aliphatic heterocycles. The molecule has 100 valence electrons. The third kappa shape index (κ3) is 2.41. The molecular formula is C13H23N5. The highest BCUT2D eigenvalue weighted by Gasteiger charge is 2.45. The predicted molar refractivity (Wildman–Crippen MR) is 74.2 cm³/mol. The molecule has 0 unspecified atom stereocenters. The van der Waals surface area contributed by atoms with Crippen molar-refractivity contribution in [3.8, 4) is 0 Å². The van der Waals surface area contributed by atoms with Gasteiger partial charge in [0.25, 0.3) is 0 Å². The van der Waals surface area contributed by atoms with Gasteiger partial charge < -0.3 is 10.7 Å². The van der Waals surface area contributed by atoms with E-state index in [9.17, 15) is 0 Å². The summed E-state index contributed by atoms with van der Waals surface area (Å²) in [5.74, 6) is 7.80. The van der Waals surface area contributed by atoms with Gasteiger partial charge in [-0.2, -0.15) is 0 Å². The zero-order valence-electron chi connectivity index (χ0n) is 11.5. The van der Waals surface area contributed by atoms with E-state index in [1.165, 1.54) is 12.8 Å². The molecule has 1 heterocycles. The molecule has 18 heavy (non-hydrogen) atoms. The molecule has 0 atom stereocenters. The van der Waals surface area contributed by atoms with Crippen molar-refractivity contribution in [2.45, 2.75) is 40.0 Å². The van der Waals surface area contributed by atoms with Crippen LogP contribution in [0.1, 0.15) is 39.2 Å². The first kappa shape index (κ1) is 13.1. The molecule has 5 heteroatoms. The Morgan fingerprint density at radius 3 is 2.50 bits per heavy atom. The van der Waals surface area contributed by atoms with Gasteiger partial charge in [0, 0.05) is 12.1 Å². The van der Waals surface area contributed by atoms with Gasteiger partial charge in [-0.15, -0.1) is 0 Å². The van der Waals surface area contributed by atoms with Crippen molar-refractivity contribution < 1.29 is 0 Å². The number of nitrogens with two attached hydrogens (primary N) is 1. The van der Waals surface area contributed by atoms with Gasteiger partial charge in [-0.1, -0.05) is 20.8 Å². The third-order valence-electron chi connectivity index (χ3n) is 4.16. The second-order valence-electron chi connectivity index (χ2n) is 5.42. The number of nitrogen functional groups attached to an aromatic ring is 1. The molecule has 0 spiro atoms. The van der Waals surface area contributed by atoms with Crippen LogP contribution >= 0.6 is 0 Å². The summed E-state index contributed by atoms with van der Waals surface area (Å²) in [6.45, 7) is 7.66. The minimum absolute atomic E-state index is 0.465. The van der Waals surface area contributed by atoms with Crippen LogP contribution in [0.15, 0.2) is 6.33 Å². The molecule has 4 N–H and O–H groups in total. The van der Waals surface area contributed by atoms with Crippen molar-refractivity contribution >= 4 is 11.6 Å². The lowest BCUT2D eigenvalue weighted by molar-refractivity contribution is 0.379. The van der Waals surface area contributed by atoms with Crippen LogP contribution in [0.5, 0.6) is 0 Å². The molecule has 0 radical (unpaired) electrons. The fourth-order valence-corrected chi connectivity index (χ4v) is 2.40. The lowest BCUT2D eigenvalue weighted by Crippen LogP contribution is -2.22. The average Bonchev–Trinajstić information content (AvgIpc) is 3.16. The van der Waals surface area contributed by atoms with Crippen LogP contribution in [0.25, 0.3) is 0 Å². The van der Waals surface area contributed by atoms with Crippen LogP contribution in [0.2, 0.25) is 0 Å². The highest BCUT2D eigenvalue weighted by atomic mass is 15.3. The van der Waals surface area contributed by atoms with Crippen LogP contribution in [0.3, 0.4) is 0 Å². The maximum atomic E-state index is 5.47. The average molecular weight is 249 g/mol. The Labute approximate surface area is 109 Å². The van der Waals surface area contributed by atoms with E-state index in [1.807, 2.05) is 0 Å². The summed E-state index contributed by atoms with van der Waals surface area (Å²) in [7, 11) is 0. The molecule has 1 fully saturated rings. The van der Waals surface area contributed by atoms with E-state index in [0.29, 0.717) is 17.2 Å². The minimum Gasteiger partial charge on any atom is -0.369 e. The van der Waals surface area contributed by atoms with Gasteiger partial charge in [0.2, 0.25) is 0 Å². The van der Waals surface area contributed by atoms with Crippen LogP contribution in [0, 0.1) is 11.3 Å². The van der Waals surface area contributed by atoms with E-state index in [-0.39, 0.29) is 0 Å².